The number of aliphatic carboxylic acids is 1. The topological polar surface area (TPSA) is 76.1 Å². The molecule has 1 unspecified atom stereocenters. The Morgan fingerprint density at radius 1 is 1.23 bits per heavy atom. The van der Waals surface area contributed by atoms with E-state index in [0.717, 1.165) is 58.4 Å². The predicted octanol–water partition coefficient (Wildman–Crippen LogP) is 4.16. The van der Waals surface area contributed by atoms with Gasteiger partial charge in [-0.1, -0.05) is 0 Å². The van der Waals surface area contributed by atoms with Gasteiger partial charge >= 0.3 is 5.97 Å². The van der Waals surface area contributed by atoms with Gasteiger partial charge in [-0.2, -0.15) is 0 Å². The zero-order chi connectivity index (χ0) is 22.2. The van der Waals surface area contributed by atoms with Gasteiger partial charge in [0, 0.05) is 35.4 Å². The summed E-state index contributed by atoms with van der Waals surface area (Å²) in [5.74, 6) is -0.401. The van der Waals surface area contributed by atoms with Gasteiger partial charge in [-0.25, -0.2) is 4.79 Å². The maximum absolute atomic E-state index is 13.0. The van der Waals surface area contributed by atoms with Crippen LogP contribution in [0.15, 0.2) is 0 Å². The molecule has 1 aromatic rings. The molecule has 1 N–H and O–H groups in total. The Balaban J connectivity index is 1.97. The van der Waals surface area contributed by atoms with E-state index in [1.807, 2.05) is 39.5 Å². The highest BCUT2D eigenvalue weighted by atomic mass is 127. The molecule has 30 heavy (non-hydrogen) atoms. The van der Waals surface area contributed by atoms with E-state index in [2.05, 4.69) is 22.6 Å². The lowest BCUT2D eigenvalue weighted by Gasteiger charge is -2.36. The van der Waals surface area contributed by atoms with Crippen LogP contribution >= 0.6 is 22.6 Å². The third kappa shape index (κ3) is 4.99. The third-order valence-electron chi connectivity index (χ3n) is 6.05. The molecule has 0 aliphatic carbocycles. The summed E-state index contributed by atoms with van der Waals surface area (Å²) in [7, 11) is 0. The fourth-order valence-corrected chi connectivity index (χ4v) is 5.43. The molecule has 0 aromatic heterocycles. The summed E-state index contributed by atoms with van der Waals surface area (Å²) in [6.07, 6.45) is 1.25. The van der Waals surface area contributed by atoms with Crippen molar-refractivity contribution in [1.82, 2.24) is 4.90 Å². The summed E-state index contributed by atoms with van der Waals surface area (Å²) in [5.41, 5.74) is 4.14. The SMILES string of the molecule is Cc1c(I)c(C(OC(C)(C)C)C(=O)O)c(C)c2c1CN(CC1CCOCC1)C(=O)C2. The molecule has 0 spiro atoms. The van der Waals surface area contributed by atoms with Gasteiger partial charge in [-0.05, 0) is 98.2 Å². The number of hydrogen-bond donors (Lipinski definition) is 1. The Kier molecular flexibility index (Phi) is 7.14. The lowest BCUT2D eigenvalue weighted by atomic mass is 9.85. The van der Waals surface area contributed by atoms with Crippen LogP contribution in [-0.4, -0.2) is 47.2 Å². The quantitative estimate of drug-likeness (QED) is 0.580. The second kappa shape index (κ2) is 9.12. The standard InChI is InChI=1S/C23H32INO5/c1-13-16-10-18(26)25(11-15-6-8-29-9-7-15)12-17(16)14(2)20(24)19(13)21(22(27)28)30-23(3,4)5/h15,21H,6-12H2,1-5H3,(H,27,28). The maximum Gasteiger partial charge on any atom is 0.337 e. The highest BCUT2D eigenvalue weighted by Crippen LogP contribution is 2.38. The number of hydrogen-bond acceptors (Lipinski definition) is 4. The normalized spacial score (nSPS) is 19.0. The molecule has 1 fully saturated rings. The average Bonchev–Trinajstić information content (AvgIpc) is 2.66. The zero-order valence-electron chi connectivity index (χ0n) is 18.5. The summed E-state index contributed by atoms with van der Waals surface area (Å²) < 4.78 is 12.3. The molecule has 166 valence electrons. The van der Waals surface area contributed by atoms with Crippen LogP contribution in [0.25, 0.3) is 0 Å². The fourth-order valence-electron chi connectivity index (χ4n) is 4.41. The first-order valence-electron chi connectivity index (χ1n) is 10.6. The number of rotatable bonds is 5. The van der Waals surface area contributed by atoms with Gasteiger partial charge in [0.25, 0.3) is 0 Å². The maximum atomic E-state index is 13.0. The molecule has 0 bridgehead atoms. The molecular weight excluding hydrogens is 497 g/mol. The van der Waals surface area contributed by atoms with Crippen molar-refractivity contribution in [2.75, 3.05) is 19.8 Å². The molecule has 2 aliphatic heterocycles. The first-order chi connectivity index (χ1) is 14.0. The van der Waals surface area contributed by atoms with Gasteiger partial charge in [0.1, 0.15) is 0 Å². The number of amides is 1. The number of ether oxygens (including phenoxy) is 2. The monoisotopic (exact) mass is 529 g/mol. The molecule has 6 nitrogen and oxygen atoms in total. The van der Waals surface area contributed by atoms with E-state index in [4.69, 9.17) is 9.47 Å². The number of carboxylic acids is 1. The lowest BCUT2D eigenvalue weighted by molar-refractivity contribution is -0.160. The number of halogens is 1. The minimum Gasteiger partial charge on any atom is -0.479 e. The second-order valence-electron chi connectivity index (χ2n) is 9.39. The van der Waals surface area contributed by atoms with Crippen molar-refractivity contribution in [2.45, 2.75) is 72.1 Å². The number of benzene rings is 1. The summed E-state index contributed by atoms with van der Waals surface area (Å²) in [6, 6.07) is 0. The summed E-state index contributed by atoms with van der Waals surface area (Å²) in [4.78, 5) is 27.0. The summed E-state index contributed by atoms with van der Waals surface area (Å²) in [6.45, 7) is 12.4. The largest absolute Gasteiger partial charge is 0.479 e. The van der Waals surface area contributed by atoms with Gasteiger partial charge in [-0.3, -0.25) is 4.79 Å². The summed E-state index contributed by atoms with van der Waals surface area (Å²) in [5, 5.41) is 9.90. The van der Waals surface area contributed by atoms with Crippen LogP contribution in [0.2, 0.25) is 0 Å². The Labute approximate surface area is 192 Å². The van der Waals surface area contributed by atoms with Crippen molar-refractivity contribution in [3.63, 3.8) is 0 Å². The van der Waals surface area contributed by atoms with Crippen LogP contribution in [0.4, 0.5) is 0 Å². The van der Waals surface area contributed by atoms with Gasteiger partial charge in [0.2, 0.25) is 5.91 Å². The first-order valence-corrected chi connectivity index (χ1v) is 11.6. The molecule has 1 saturated heterocycles. The lowest BCUT2D eigenvalue weighted by Crippen LogP contribution is -2.41. The smallest absolute Gasteiger partial charge is 0.337 e. The van der Waals surface area contributed by atoms with Crippen molar-refractivity contribution >= 4 is 34.5 Å². The Morgan fingerprint density at radius 2 is 1.87 bits per heavy atom. The van der Waals surface area contributed by atoms with Gasteiger partial charge < -0.3 is 19.5 Å². The van der Waals surface area contributed by atoms with Crippen molar-refractivity contribution in [1.29, 1.82) is 0 Å². The van der Waals surface area contributed by atoms with E-state index in [-0.39, 0.29) is 5.91 Å². The van der Waals surface area contributed by atoms with Gasteiger partial charge in [0.05, 0.1) is 12.0 Å². The molecule has 1 amide bonds. The molecule has 2 aliphatic rings. The van der Waals surface area contributed by atoms with Crippen LogP contribution in [0.5, 0.6) is 0 Å². The number of carbonyl (C=O) groups excluding carboxylic acids is 1. The van der Waals surface area contributed by atoms with Crippen molar-refractivity contribution in [2.24, 2.45) is 5.92 Å². The van der Waals surface area contributed by atoms with Crippen LogP contribution in [0.3, 0.4) is 0 Å². The number of carbonyl (C=O) groups is 2. The molecule has 7 heteroatoms. The Bertz CT molecular complexity index is 839. The second-order valence-corrected chi connectivity index (χ2v) is 10.5. The van der Waals surface area contributed by atoms with Crippen molar-refractivity contribution < 1.29 is 24.2 Å². The van der Waals surface area contributed by atoms with E-state index in [1.54, 1.807) is 0 Å². The van der Waals surface area contributed by atoms with Crippen LogP contribution in [0.1, 0.15) is 67.5 Å². The van der Waals surface area contributed by atoms with Crippen LogP contribution < -0.4 is 0 Å². The highest BCUT2D eigenvalue weighted by Gasteiger charge is 2.35. The van der Waals surface area contributed by atoms with E-state index >= 15 is 0 Å². The van der Waals surface area contributed by atoms with Crippen molar-refractivity contribution in [3.05, 3.63) is 31.4 Å². The summed E-state index contributed by atoms with van der Waals surface area (Å²) >= 11 is 2.24. The predicted molar refractivity (Wildman–Crippen MR) is 123 cm³/mol. The Morgan fingerprint density at radius 3 is 2.43 bits per heavy atom. The molecular formula is C23H32INO5. The van der Waals surface area contributed by atoms with Crippen molar-refractivity contribution in [3.8, 4) is 0 Å². The van der Waals surface area contributed by atoms with E-state index < -0.39 is 17.7 Å². The number of carboxylic acid groups (broad SMARTS) is 1. The van der Waals surface area contributed by atoms with E-state index in [1.165, 1.54) is 0 Å². The molecule has 0 saturated carbocycles. The van der Waals surface area contributed by atoms with Gasteiger partial charge in [-0.15, -0.1) is 0 Å². The van der Waals surface area contributed by atoms with E-state index in [9.17, 15) is 14.7 Å². The number of fused-ring (bicyclic) bond motifs is 1. The molecule has 3 rings (SSSR count). The van der Waals surface area contributed by atoms with Crippen LogP contribution in [-0.2, 0) is 32.0 Å². The van der Waals surface area contributed by atoms with E-state index in [0.29, 0.717) is 24.4 Å². The third-order valence-corrected chi connectivity index (χ3v) is 7.44. The van der Waals surface area contributed by atoms with Gasteiger partial charge in [0.15, 0.2) is 6.10 Å². The Hall–Kier alpha value is -1.19. The minimum atomic E-state index is -1.06. The fraction of sp³-hybridized carbons (Fsp3) is 0.652. The number of nitrogens with zero attached hydrogens (tertiary/aromatic N) is 1. The zero-order valence-corrected chi connectivity index (χ0v) is 20.7. The first kappa shape index (κ1) is 23.5. The minimum absolute atomic E-state index is 0.118. The average molecular weight is 529 g/mol. The molecule has 0 radical (unpaired) electrons. The molecule has 1 atom stereocenters. The highest BCUT2D eigenvalue weighted by molar-refractivity contribution is 14.1. The molecule has 2 heterocycles. The van der Waals surface area contributed by atoms with Crippen LogP contribution in [0, 0.1) is 23.3 Å². The molecule has 1 aromatic carbocycles.